The summed E-state index contributed by atoms with van der Waals surface area (Å²) in [5.74, 6) is 1.76. The third-order valence-corrected chi connectivity index (χ3v) is 5.36. The van der Waals surface area contributed by atoms with E-state index in [1.165, 1.54) is 19.3 Å². The Morgan fingerprint density at radius 2 is 2.32 bits per heavy atom. The molecule has 102 valence electrons. The normalized spacial score (nSPS) is 23.3. The fraction of sp³-hybridized carbons (Fsp3) is 0.500. The topological polar surface area (TPSA) is 43.8 Å². The van der Waals surface area contributed by atoms with Crippen molar-refractivity contribution >= 4 is 40.3 Å². The van der Waals surface area contributed by atoms with E-state index in [0.717, 1.165) is 21.8 Å². The molecule has 2 unspecified atom stereocenters. The van der Waals surface area contributed by atoms with Crippen molar-refractivity contribution in [3.8, 4) is 0 Å². The van der Waals surface area contributed by atoms with Crippen molar-refractivity contribution in [1.29, 1.82) is 0 Å². The first-order chi connectivity index (χ1) is 9.20. The minimum absolute atomic E-state index is 0.452. The number of fused-ring (bicyclic) bond motifs is 1. The maximum Gasteiger partial charge on any atom is 0.201 e. The maximum absolute atomic E-state index is 6.14. The molecule has 1 heterocycles. The van der Waals surface area contributed by atoms with Crippen molar-refractivity contribution in [2.45, 2.75) is 37.5 Å². The Morgan fingerprint density at radius 3 is 3.11 bits per heavy atom. The summed E-state index contributed by atoms with van der Waals surface area (Å²) < 4.78 is 2.20. The highest BCUT2D eigenvalue weighted by molar-refractivity contribution is 7.99. The fourth-order valence-corrected chi connectivity index (χ4v) is 4.45. The Balaban J connectivity index is 2.08. The van der Waals surface area contributed by atoms with Crippen molar-refractivity contribution < 1.29 is 0 Å². The molecule has 1 aromatic heterocycles. The first kappa shape index (κ1) is 13.1. The highest BCUT2D eigenvalue weighted by atomic mass is 35.5. The number of hydrogen-bond acceptors (Lipinski definition) is 3. The van der Waals surface area contributed by atoms with Crippen LogP contribution >= 0.6 is 23.4 Å². The SMILES string of the molecule is CCSC1CCCC1n1c(N)nc2ccc(Cl)cc21. The second-order valence-corrected chi connectivity index (χ2v) is 6.92. The molecule has 1 fully saturated rings. The molecule has 1 saturated carbocycles. The van der Waals surface area contributed by atoms with Crippen molar-refractivity contribution in [3.63, 3.8) is 0 Å². The van der Waals surface area contributed by atoms with Gasteiger partial charge in [-0.15, -0.1) is 0 Å². The maximum atomic E-state index is 6.14. The lowest BCUT2D eigenvalue weighted by Crippen LogP contribution is -2.18. The third kappa shape index (κ3) is 2.32. The number of benzene rings is 1. The molecule has 1 aliphatic carbocycles. The molecule has 2 atom stereocenters. The molecular weight excluding hydrogens is 278 g/mol. The molecule has 1 aromatic carbocycles. The minimum Gasteiger partial charge on any atom is -0.369 e. The number of halogens is 1. The average molecular weight is 296 g/mol. The van der Waals surface area contributed by atoms with Gasteiger partial charge in [0.1, 0.15) is 0 Å². The zero-order chi connectivity index (χ0) is 13.4. The van der Waals surface area contributed by atoms with Gasteiger partial charge in [-0.2, -0.15) is 11.8 Å². The largest absolute Gasteiger partial charge is 0.369 e. The van der Waals surface area contributed by atoms with Crippen LogP contribution in [0.3, 0.4) is 0 Å². The van der Waals surface area contributed by atoms with E-state index in [9.17, 15) is 0 Å². The lowest BCUT2D eigenvalue weighted by molar-refractivity contribution is 0.549. The summed E-state index contributed by atoms with van der Waals surface area (Å²) in [6.45, 7) is 2.21. The number of hydrogen-bond donors (Lipinski definition) is 1. The van der Waals surface area contributed by atoms with Crippen LogP contribution in [0.25, 0.3) is 11.0 Å². The Morgan fingerprint density at radius 1 is 1.47 bits per heavy atom. The number of nitrogens with two attached hydrogens (primary N) is 1. The van der Waals surface area contributed by atoms with Gasteiger partial charge in [-0.1, -0.05) is 24.9 Å². The zero-order valence-electron chi connectivity index (χ0n) is 11.0. The van der Waals surface area contributed by atoms with Gasteiger partial charge in [0.25, 0.3) is 0 Å². The van der Waals surface area contributed by atoms with Gasteiger partial charge < -0.3 is 10.3 Å². The molecular formula is C14H18ClN3S. The summed E-state index contributed by atoms with van der Waals surface area (Å²) >= 11 is 8.15. The van der Waals surface area contributed by atoms with E-state index < -0.39 is 0 Å². The van der Waals surface area contributed by atoms with E-state index in [-0.39, 0.29) is 0 Å². The molecule has 2 aromatic rings. The summed E-state index contributed by atoms with van der Waals surface area (Å²) in [6, 6.07) is 6.25. The van der Waals surface area contributed by atoms with Crippen LogP contribution in [0.2, 0.25) is 5.02 Å². The van der Waals surface area contributed by atoms with Crippen LogP contribution in [-0.4, -0.2) is 20.6 Å². The number of anilines is 1. The van der Waals surface area contributed by atoms with Crippen molar-refractivity contribution in [3.05, 3.63) is 23.2 Å². The second-order valence-electron chi connectivity index (χ2n) is 4.97. The lowest BCUT2D eigenvalue weighted by Gasteiger charge is -2.22. The van der Waals surface area contributed by atoms with Gasteiger partial charge >= 0.3 is 0 Å². The highest BCUT2D eigenvalue weighted by Crippen LogP contribution is 2.41. The Labute approximate surface area is 122 Å². The van der Waals surface area contributed by atoms with Crippen LogP contribution in [-0.2, 0) is 0 Å². The number of aromatic nitrogens is 2. The molecule has 0 radical (unpaired) electrons. The summed E-state index contributed by atoms with van der Waals surface area (Å²) in [4.78, 5) is 4.47. The van der Waals surface area contributed by atoms with E-state index in [0.29, 0.717) is 17.2 Å². The predicted octanol–water partition coefficient (Wildman–Crippen LogP) is 4.12. The summed E-state index contributed by atoms with van der Waals surface area (Å²) in [6.07, 6.45) is 3.71. The van der Waals surface area contributed by atoms with Crippen LogP contribution < -0.4 is 5.73 Å². The fourth-order valence-electron chi connectivity index (χ4n) is 3.04. The molecule has 2 N–H and O–H groups in total. The number of nitrogens with zero attached hydrogens (tertiary/aromatic N) is 2. The van der Waals surface area contributed by atoms with E-state index in [1.54, 1.807) is 0 Å². The molecule has 3 rings (SSSR count). The van der Waals surface area contributed by atoms with Gasteiger partial charge in [0.2, 0.25) is 5.95 Å². The predicted molar refractivity (Wildman–Crippen MR) is 84.0 cm³/mol. The number of rotatable bonds is 3. The Kier molecular flexibility index (Phi) is 3.63. The molecule has 0 amide bonds. The van der Waals surface area contributed by atoms with Gasteiger partial charge in [-0.25, -0.2) is 4.98 Å². The van der Waals surface area contributed by atoms with Crippen molar-refractivity contribution in [1.82, 2.24) is 9.55 Å². The zero-order valence-corrected chi connectivity index (χ0v) is 12.5. The van der Waals surface area contributed by atoms with Gasteiger partial charge in [-0.05, 0) is 36.8 Å². The molecule has 1 aliphatic rings. The van der Waals surface area contributed by atoms with Crippen LogP contribution in [0, 0.1) is 0 Å². The van der Waals surface area contributed by atoms with E-state index in [4.69, 9.17) is 17.3 Å². The standard InChI is InChI=1S/C14H18ClN3S/c1-2-19-13-5-3-4-11(13)18-12-8-9(15)6-7-10(12)17-14(18)16/h6-8,11,13H,2-5H2,1H3,(H2,16,17). The number of nitrogen functional groups attached to an aromatic ring is 1. The Hall–Kier alpha value is -0.870. The van der Waals surface area contributed by atoms with Crippen LogP contribution in [0.1, 0.15) is 32.2 Å². The number of thioether (sulfide) groups is 1. The van der Waals surface area contributed by atoms with Crippen LogP contribution in [0.15, 0.2) is 18.2 Å². The van der Waals surface area contributed by atoms with E-state index >= 15 is 0 Å². The number of imidazole rings is 1. The highest BCUT2D eigenvalue weighted by Gasteiger charge is 2.31. The first-order valence-corrected chi connectivity index (χ1v) is 8.18. The molecule has 3 nitrogen and oxygen atoms in total. The van der Waals surface area contributed by atoms with Crippen LogP contribution in [0.5, 0.6) is 0 Å². The van der Waals surface area contributed by atoms with Gasteiger partial charge in [0.15, 0.2) is 0 Å². The molecule has 0 aliphatic heterocycles. The molecule has 19 heavy (non-hydrogen) atoms. The average Bonchev–Trinajstić information content (AvgIpc) is 2.93. The monoisotopic (exact) mass is 295 g/mol. The van der Waals surface area contributed by atoms with E-state index in [2.05, 4.69) is 16.5 Å². The summed E-state index contributed by atoms with van der Waals surface area (Å²) in [5, 5.41) is 1.38. The van der Waals surface area contributed by atoms with E-state index in [1.807, 2.05) is 30.0 Å². The molecule has 0 spiro atoms. The van der Waals surface area contributed by atoms with Crippen molar-refractivity contribution in [2.75, 3.05) is 11.5 Å². The van der Waals surface area contributed by atoms with Gasteiger partial charge in [-0.3, -0.25) is 0 Å². The minimum atomic E-state index is 0.452. The molecule has 5 heteroatoms. The molecule has 0 saturated heterocycles. The molecule has 0 bridgehead atoms. The van der Waals surface area contributed by atoms with Crippen molar-refractivity contribution in [2.24, 2.45) is 0 Å². The summed E-state index contributed by atoms with van der Waals surface area (Å²) in [5.41, 5.74) is 8.15. The lowest BCUT2D eigenvalue weighted by atomic mass is 10.2. The quantitative estimate of drug-likeness (QED) is 0.926. The summed E-state index contributed by atoms with van der Waals surface area (Å²) in [7, 11) is 0. The van der Waals surface area contributed by atoms with Gasteiger partial charge in [0.05, 0.1) is 11.0 Å². The van der Waals surface area contributed by atoms with Crippen LogP contribution in [0.4, 0.5) is 5.95 Å². The third-order valence-electron chi connectivity index (χ3n) is 3.81. The smallest absolute Gasteiger partial charge is 0.201 e. The Bertz CT molecular complexity index is 596. The van der Waals surface area contributed by atoms with Gasteiger partial charge in [0, 0.05) is 16.3 Å². The second kappa shape index (κ2) is 5.25. The first-order valence-electron chi connectivity index (χ1n) is 6.75.